The average molecular weight is 202 g/mol. The number of anilines is 1. The van der Waals surface area contributed by atoms with Crippen LogP contribution in [0.15, 0.2) is 36.5 Å². The van der Waals surface area contributed by atoms with Gasteiger partial charge in [-0.2, -0.15) is 0 Å². The Hall–Kier alpha value is -1.90. The molecule has 76 valence electrons. The Morgan fingerprint density at radius 1 is 1.27 bits per heavy atom. The Morgan fingerprint density at radius 3 is 2.73 bits per heavy atom. The van der Waals surface area contributed by atoms with Crippen molar-refractivity contribution in [2.75, 3.05) is 5.73 Å². The molecule has 1 aromatic carbocycles. The number of aryl methyl sites for hydroxylation is 1. The van der Waals surface area contributed by atoms with Crippen molar-refractivity contribution in [2.24, 2.45) is 0 Å². The third-order valence-corrected chi connectivity index (χ3v) is 2.15. The van der Waals surface area contributed by atoms with Crippen LogP contribution in [0.3, 0.4) is 0 Å². The van der Waals surface area contributed by atoms with Crippen molar-refractivity contribution < 1.29 is 4.39 Å². The maximum Gasteiger partial charge on any atom is 0.123 e. The zero-order valence-electron chi connectivity index (χ0n) is 8.37. The topological polar surface area (TPSA) is 38.9 Å². The zero-order valence-corrected chi connectivity index (χ0v) is 8.37. The van der Waals surface area contributed by atoms with Gasteiger partial charge in [-0.3, -0.25) is 4.98 Å². The summed E-state index contributed by atoms with van der Waals surface area (Å²) >= 11 is 0. The molecule has 0 aliphatic carbocycles. The highest BCUT2D eigenvalue weighted by Gasteiger charge is 2.04. The number of aromatic nitrogens is 1. The normalized spacial score (nSPS) is 10.3. The monoisotopic (exact) mass is 202 g/mol. The molecule has 1 heterocycles. The van der Waals surface area contributed by atoms with Crippen LogP contribution in [0.2, 0.25) is 0 Å². The molecule has 0 radical (unpaired) electrons. The van der Waals surface area contributed by atoms with Gasteiger partial charge in [0, 0.05) is 11.8 Å². The molecule has 0 saturated heterocycles. The lowest BCUT2D eigenvalue weighted by Crippen LogP contribution is -1.94. The quantitative estimate of drug-likeness (QED) is 0.772. The van der Waals surface area contributed by atoms with Gasteiger partial charge in [-0.1, -0.05) is 12.1 Å². The van der Waals surface area contributed by atoms with E-state index in [1.54, 1.807) is 18.3 Å². The summed E-state index contributed by atoms with van der Waals surface area (Å²) in [5, 5.41) is 0. The van der Waals surface area contributed by atoms with Gasteiger partial charge < -0.3 is 5.73 Å². The van der Waals surface area contributed by atoms with Crippen molar-refractivity contribution in [3.05, 3.63) is 47.9 Å². The number of nitrogen functional groups attached to an aromatic ring is 1. The van der Waals surface area contributed by atoms with Gasteiger partial charge in [0.15, 0.2) is 0 Å². The molecule has 2 rings (SSSR count). The number of benzene rings is 1. The van der Waals surface area contributed by atoms with Gasteiger partial charge in [0.2, 0.25) is 0 Å². The summed E-state index contributed by atoms with van der Waals surface area (Å²) in [6.45, 7) is 1.92. The van der Waals surface area contributed by atoms with Gasteiger partial charge in [-0.05, 0) is 30.7 Å². The molecule has 0 atom stereocenters. The van der Waals surface area contributed by atoms with Crippen LogP contribution in [0.5, 0.6) is 0 Å². The fraction of sp³-hybridized carbons (Fsp3) is 0.0833. The van der Waals surface area contributed by atoms with E-state index in [1.165, 1.54) is 12.1 Å². The van der Waals surface area contributed by atoms with E-state index in [9.17, 15) is 4.39 Å². The van der Waals surface area contributed by atoms with Crippen LogP contribution in [0, 0.1) is 12.7 Å². The van der Waals surface area contributed by atoms with Crippen molar-refractivity contribution >= 4 is 5.69 Å². The van der Waals surface area contributed by atoms with Gasteiger partial charge in [0.25, 0.3) is 0 Å². The number of rotatable bonds is 1. The van der Waals surface area contributed by atoms with Crippen molar-refractivity contribution in [1.29, 1.82) is 0 Å². The van der Waals surface area contributed by atoms with Crippen LogP contribution < -0.4 is 5.73 Å². The Morgan fingerprint density at radius 2 is 2.07 bits per heavy atom. The molecule has 2 N–H and O–H groups in total. The lowest BCUT2D eigenvalue weighted by Gasteiger charge is -2.05. The lowest BCUT2D eigenvalue weighted by molar-refractivity contribution is 0.628. The molecule has 0 fully saturated rings. The summed E-state index contributed by atoms with van der Waals surface area (Å²) in [6, 6.07) is 8.08. The fourth-order valence-electron chi connectivity index (χ4n) is 1.47. The molecule has 2 nitrogen and oxygen atoms in total. The third-order valence-electron chi connectivity index (χ3n) is 2.15. The average Bonchev–Trinajstić information content (AvgIpc) is 2.17. The molecule has 0 unspecified atom stereocenters. The van der Waals surface area contributed by atoms with Crippen LogP contribution >= 0.6 is 0 Å². The molecule has 0 spiro atoms. The summed E-state index contributed by atoms with van der Waals surface area (Å²) in [4.78, 5) is 4.20. The largest absolute Gasteiger partial charge is 0.397 e. The number of halogens is 1. The second kappa shape index (κ2) is 3.69. The number of pyridine rings is 1. The van der Waals surface area contributed by atoms with E-state index in [0.29, 0.717) is 16.9 Å². The minimum atomic E-state index is -0.283. The number of hydrogen-bond acceptors (Lipinski definition) is 2. The molecule has 0 bridgehead atoms. The minimum absolute atomic E-state index is 0.283. The van der Waals surface area contributed by atoms with Gasteiger partial charge in [-0.15, -0.1) is 0 Å². The third kappa shape index (κ3) is 1.96. The first-order valence-corrected chi connectivity index (χ1v) is 4.65. The molecule has 0 saturated carbocycles. The second-order valence-corrected chi connectivity index (χ2v) is 3.46. The SMILES string of the molecule is Cc1cnc(-c2cccc(F)c2)c(N)c1. The second-order valence-electron chi connectivity index (χ2n) is 3.46. The van der Waals surface area contributed by atoms with E-state index in [1.807, 2.05) is 13.0 Å². The predicted molar refractivity (Wildman–Crippen MR) is 58.8 cm³/mol. The van der Waals surface area contributed by atoms with E-state index in [2.05, 4.69) is 4.98 Å². The first kappa shape index (κ1) is 9.65. The predicted octanol–water partition coefficient (Wildman–Crippen LogP) is 2.78. The summed E-state index contributed by atoms with van der Waals surface area (Å²) in [5.41, 5.74) is 8.71. The Kier molecular flexibility index (Phi) is 2.37. The Bertz CT molecular complexity index is 495. The Labute approximate surface area is 87.6 Å². The van der Waals surface area contributed by atoms with Crippen molar-refractivity contribution in [2.45, 2.75) is 6.92 Å². The first-order chi connectivity index (χ1) is 7.16. The molecular weight excluding hydrogens is 191 g/mol. The van der Waals surface area contributed by atoms with Gasteiger partial charge in [-0.25, -0.2) is 4.39 Å². The zero-order chi connectivity index (χ0) is 10.8. The van der Waals surface area contributed by atoms with E-state index < -0.39 is 0 Å². The summed E-state index contributed by atoms with van der Waals surface area (Å²) < 4.78 is 13.0. The maximum absolute atomic E-state index is 13.0. The molecule has 0 aliphatic heterocycles. The van der Waals surface area contributed by atoms with E-state index in [0.717, 1.165) is 5.56 Å². The van der Waals surface area contributed by atoms with Crippen molar-refractivity contribution in [3.8, 4) is 11.3 Å². The number of hydrogen-bond donors (Lipinski definition) is 1. The van der Waals surface area contributed by atoms with Crippen molar-refractivity contribution in [3.63, 3.8) is 0 Å². The van der Waals surface area contributed by atoms with E-state index >= 15 is 0 Å². The minimum Gasteiger partial charge on any atom is -0.397 e. The number of nitrogens with zero attached hydrogens (tertiary/aromatic N) is 1. The van der Waals surface area contributed by atoms with E-state index in [4.69, 9.17) is 5.73 Å². The molecule has 0 aliphatic rings. The summed E-state index contributed by atoms with van der Waals surface area (Å²) in [6.07, 6.45) is 1.72. The first-order valence-electron chi connectivity index (χ1n) is 4.65. The van der Waals surface area contributed by atoms with Gasteiger partial charge in [0.05, 0.1) is 11.4 Å². The summed E-state index contributed by atoms with van der Waals surface area (Å²) in [7, 11) is 0. The Balaban J connectivity index is 2.54. The van der Waals surface area contributed by atoms with Crippen LogP contribution in [0.4, 0.5) is 10.1 Å². The van der Waals surface area contributed by atoms with Crippen molar-refractivity contribution in [1.82, 2.24) is 4.98 Å². The fourth-order valence-corrected chi connectivity index (χ4v) is 1.47. The highest BCUT2D eigenvalue weighted by Crippen LogP contribution is 2.24. The highest BCUT2D eigenvalue weighted by molar-refractivity contribution is 5.72. The van der Waals surface area contributed by atoms with Gasteiger partial charge in [0.1, 0.15) is 5.82 Å². The molecule has 15 heavy (non-hydrogen) atoms. The highest BCUT2D eigenvalue weighted by atomic mass is 19.1. The smallest absolute Gasteiger partial charge is 0.123 e. The number of nitrogens with two attached hydrogens (primary N) is 1. The van der Waals surface area contributed by atoms with Gasteiger partial charge >= 0.3 is 0 Å². The standard InChI is InChI=1S/C12H11FN2/c1-8-5-11(14)12(15-7-8)9-3-2-4-10(13)6-9/h2-7H,14H2,1H3. The molecule has 3 heteroatoms. The molecular formula is C12H11FN2. The molecule has 2 aromatic rings. The lowest BCUT2D eigenvalue weighted by atomic mass is 10.1. The summed E-state index contributed by atoms with van der Waals surface area (Å²) in [5.74, 6) is -0.283. The van der Waals surface area contributed by atoms with Crippen LogP contribution in [-0.2, 0) is 0 Å². The van der Waals surface area contributed by atoms with E-state index in [-0.39, 0.29) is 5.82 Å². The van der Waals surface area contributed by atoms with Crippen LogP contribution in [0.1, 0.15) is 5.56 Å². The van der Waals surface area contributed by atoms with Crippen LogP contribution in [0.25, 0.3) is 11.3 Å². The molecule has 0 amide bonds. The maximum atomic E-state index is 13.0. The van der Waals surface area contributed by atoms with Crippen LogP contribution in [-0.4, -0.2) is 4.98 Å². The molecule has 1 aromatic heterocycles.